The first kappa shape index (κ1) is 24.7. The van der Waals surface area contributed by atoms with Crippen LogP contribution in [-0.4, -0.2) is 62.4 Å². The summed E-state index contributed by atoms with van der Waals surface area (Å²) in [7, 11) is -5.40. The highest BCUT2D eigenvalue weighted by molar-refractivity contribution is 8.80. The molecule has 1 saturated heterocycles. The summed E-state index contributed by atoms with van der Waals surface area (Å²) in [5, 5.41) is 5.92. The van der Waals surface area contributed by atoms with Gasteiger partial charge in [-0.2, -0.15) is 0 Å². The Bertz CT molecular complexity index is 1100. The minimum Gasteiger partial charge on any atom is -0.493 e. The maximum atomic E-state index is 14.4. The molecule has 0 spiro atoms. The van der Waals surface area contributed by atoms with Crippen LogP contribution in [0.2, 0.25) is 0 Å². The van der Waals surface area contributed by atoms with Gasteiger partial charge in [0.2, 0.25) is 8.87 Å². The third kappa shape index (κ3) is 4.31. The first-order valence-corrected chi connectivity index (χ1v) is 15.1. The highest BCUT2D eigenvalue weighted by atomic mass is 33.2. The van der Waals surface area contributed by atoms with Crippen LogP contribution in [-0.2, 0) is 23.6 Å². The Morgan fingerprint density at radius 2 is 1.66 bits per heavy atom. The first-order chi connectivity index (χ1) is 15.2. The van der Waals surface area contributed by atoms with Gasteiger partial charge in [-0.25, -0.2) is 12.6 Å². The van der Waals surface area contributed by atoms with Gasteiger partial charge in [0.05, 0.1) is 28.3 Å². The van der Waals surface area contributed by atoms with Gasteiger partial charge in [-0.1, -0.05) is 31.2 Å². The van der Waals surface area contributed by atoms with Gasteiger partial charge < -0.3 is 14.4 Å². The van der Waals surface area contributed by atoms with Crippen LogP contribution >= 0.6 is 0 Å². The van der Waals surface area contributed by atoms with Crippen LogP contribution in [0.5, 0.6) is 11.5 Å². The van der Waals surface area contributed by atoms with Crippen molar-refractivity contribution in [1.82, 2.24) is 4.90 Å². The smallest absolute Gasteiger partial charge is 0.223 e. The molecule has 7 nitrogen and oxygen atoms in total. The third-order valence-electron chi connectivity index (χ3n) is 6.42. The summed E-state index contributed by atoms with van der Waals surface area (Å²) in [6, 6.07) is 14.2. The number of benzene rings is 2. The third-order valence-corrected chi connectivity index (χ3v) is 16.4. The second kappa shape index (κ2) is 9.51. The molecule has 1 aliphatic heterocycles. The van der Waals surface area contributed by atoms with Crippen LogP contribution in [0, 0.1) is 0 Å². The zero-order valence-corrected chi connectivity index (χ0v) is 20.7. The average molecular weight is 483 g/mol. The average Bonchev–Trinajstić information content (AvgIpc) is 2.83. The van der Waals surface area contributed by atoms with Crippen LogP contribution < -0.4 is 14.6 Å². The largest absolute Gasteiger partial charge is 0.493 e. The minimum atomic E-state index is -4.61. The van der Waals surface area contributed by atoms with Crippen molar-refractivity contribution in [2.75, 3.05) is 39.6 Å². The van der Waals surface area contributed by atoms with Crippen molar-refractivity contribution in [3.63, 3.8) is 0 Å². The van der Waals surface area contributed by atoms with E-state index in [-0.39, 0.29) is 10.6 Å². The summed E-state index contributed by atoms with van der Waals surface area (Å²) in [5.41, 5.74) is 1.13. The van der Waals surface area contributed by atoms with E-state index in [1.807, 2.05) is 18.2 Å². The van der Waals surface area contributed by atoms with Crippen molar-refractivity contribution in [2.24, 2.45) is 5.14 Å². The highest BCUT2D eigenvalue weighted by Crippen LogP contribution is 2.44. The van der Waals surface area contributed by atoms with Crippen molar-refractivity contribution >= 4 is 17.2 Å². The van der Waals surface area contributed by atoms with Gasteiger partial charge in [-0.05, 0) is 62.2 Å². The number of nitrogens with zero attached hydrogens (tertiary/aromatic N) is 1. The summed E-state index contributed by atoms with van der Waals surface area (Å²) in [6.45, 7) is 3.62. The molecule has 2 aromatic rings. The standard InChI is InChI=1S/C23H34N2O5S2/c1-4-31(26,27)32(24,28,20-8-6-5-7-9-20)21-13-16-25(17-14-21)15-12-19-10-11-22(29-2)23(18-19)30-3/h5-11,18,21H,4,12-17H2,1-3H3,(H2,24,28). The molecule has 0 bridgehead atoms. The van der Waals surface area contributed by atoms with Crippen LogP contribution in [0.1, 0.15) is 25.3 Å². The summed E-state index contributed by atoms with van der Waals surface area (Å²) in [4.78, 5) is 2.50. The molecule has 2 N–H and O–H groups in total. The van der Waals surface area contributed by atoms with Gasteiger partial charge in [0, 0.05) is 16.7 Å². The molecule has 178 valence electrons. The van der Waals surface area contributed by atoms with Crippen molar-refractivity contribution < 1.29 is 22.1 Å². The van der Waals surface area contributed by atoms with E-state index in [1.54, 1.807) is 44.6 Å². The van der Waals surface area contributed by atoms with Crippen molar-refractivity contribution in [2.45, 2.75) is 36.3 Å². The summed E-state index contributed by atoms with van der Waals surface area (Å²) >= 11 is 0. The molecule has 0 aromatic heterocycles. The maximum Gasteiger partial charge on any atom is 0.223 e. The molecular formula is C23H34N2O5S2. The van der Waals surface area contributed by atoms with Crippen molar-refractivity contribution in [3.8, 4) is 11.5 Å². The molecule has 32 heavy (non-hydrogen) atoms. The Balaban J connectivity index is 1.73. The number of ether oxygens (including phenoxy) is 2. The van der Waals surface area contributed by atoms with E-state index in [9.17, 15) is 12.6 Å². The SMILES string of the molecule is CCS(=O)(=O)S(N)(=O)(c1ccccc1)C1CCN(CCc2ccc(OC)c(OC)c2)CC1. The number of piperidine rings is 1. The van der Waals surface area contributed by atoms with Gasteiger partial charge >= 0.3 is 0 Å². The second-order valence-electron chi connectivity index (χ2n) is 8.13. The molecule has 1 fully saturated rings. The summed E-state index contributed by atoms with van der Waals surface area (Å²) in [6.07, 6.45) is 1.77. The number of methoxy groups -OCH3 is 2. The molecule has 0 aliphatic carbocycles. The fourth-order valence-corrected chi connectivity index (χ4v) is 12.3. The second-order valence-corrected chi connectivity index (χ2v) is 16.5. The highest BCUT2D eigenvalue weighted by Gasteiger charge is 2.53. The van der Waals surface area contributed by atoms with Crippen LogP contribution in [0.4, 0.5) is 0 Å². The fourth-order valence-electron chi connectivity index (χ4n) is 4.38. The van der Waals surface area contributed by atoms with Gasteiger partial charge in [0.15, 0.2) is 11.5 Å². The van der Waals surface area contributed by atoms with Gasteiger partial charge in [0.25, 0.3) is 0 Å². The van der Waals surface area contributed by atoms with Gasteiger partial charge in [-0.15, -0.1) is 0 Å². The molecule has 2 aromatic carbocycles. The van der Waals surface area contributed by atoms with E-state index < -0.39 is 22.4 Å². The minimum absolute atomic E-state index is 0.232. The van der Waals surface area contributed by atoms with E-state index in [1.165, 1.54) is 6.92 Å². The molecule has 0 atom stereocenters. The molecule has 1 aliphatic rings. The van der Waals surface area contributed by atoms with Crippen LogP contribution in [0.25, 0.3) is 0 Å². The predicted octanol–water partition coefficient (Wildman–Crippen LogP) is 2.81. The number of hydrogen-bond acceptors (Lipinski definition) is 6. The molecule has 0 saturated carbocycles. The van der Waals surface area contributed by atoms with Crippen molar-refractivity contribution in [3.05, 3.63) is 54.1 Å². The molecule has 3 rings (SSSR count). The van der Waals surface area contributed by atoms with E-state index >= 15 is 0 Å². The van der Waals surface area contributed by atoms with E-state index in [4.69, 9.17) is 14.6 Å². The Hall–Kier alpha value is -1.94. The lowest BCUT2D eigenvalue weighted by Gasteiger charge is -2.47. The number of likely N-dealkylation sites (tertiary alicyclic amines) is 1. The zero-order valence-electron chi connectivity index (χ0n) is 19.0. The lowest BCUT2D eigenvalue weighted by Crippen LogP contribution is -2.61. The number of nitrogens with two attached hydrogens (primary N) is 1. The number of rotatable bonds is 9. The fraction of sp³-hybridized carbons (Fsp3) is 0.478. The molecule has 9 heteroatoms. The van der Waals surface area contributed by atoms with Gasteiger partial charge in [0.1, 0.15) is 0 Å². The predicted molar refractivity (Wildman–Crippen MR) is 129 cm³/mol. The molecule has 0 radical (unpaired) electrons. The van der Waals surface area contributed by atoms with E-state index in [2.05, 4.69) is 4.90 Å². The quantitative estimate of drug-likeness (QED) is 0.552. The van der Waals surface area contributed by atoms with E-state index in [0.717, 1.165) is 18.5 Å². The molecule has 1 heterocycles. The number of hydrogen-bond donors (Lipinski definition) is 1. The Morgan fingerprint density at radius 1 is 1.03 bits per heavy atom. The topological polar surface area (TPSA) is 98.9 Å². The van der Waals surface area contributed by atoms with Crippen LogP contribution in [0.3, 0.4) is 0 Å². The molecule has 0 amide bonds. The molecule has 0 unspecified atom stereocenters. The van der Waals surface area contributed by atoms with E-state index in [0.29, 0.717) is 37.4 Å². The summed E-state index contributed by atoms with van der Waals surface area (Å²) in [5.74, 6) is 1.14. The Morgan fingerprint density at radius 3 is 2.22 bits per heavy atom. The normalized spacial score (nSPS) is 17.4. The van der Waals surface area contributed by atoms with Crippen molar-refractivity contribution in [1.29, 1.82) is 0 Å². The lowest BCUT2D eigenvalue weighted by molar-refractivity contribution is 0.233. The monoisotopic (exact) mass is 482 g/mol. The zero-order chi connectivity index (χ0) is 23.4. The Kier molecular flexibility index (Phi) is 7.34. The first-order valence-electron chi connectivity index (χ1n) is 10.8. The summed E-state index contributed by atoms with van der Waals surface area (Å²) < 4.78 is 51.3. The lowest BCUT2D eigenvalue weighted by atomic mass is 10.1. The Labute approximate surface area is 190 Å². The van der Waals surface area contributed by atoms with Gasteiger partial charge in [-0.3, -0.25) is 5.14 Å². The molecular weight excluding hydrogens is 448 g/mol. The van der Waals surface area contributed by atoms with Crippen LogP contribution in [0.15, 0.2) is 53.4 Å². The maximum absolute atomic E-state index is 14.4.